The quantitative estimate of drug-likeness (QED) is 0.0401. The lowest BCUT2D eigenvalue weighted by Gasteiger charge is -2.24. The van der Waals surface area contributed by atoms with Gasteiger partial charge in [-0.05, 0) is 24.7 Å². The van der Waals surface area contributed by atoms with Crippen LogP contribution in [0.5, 0.6) is 0 Å². The van der Waals surface area contributed by atoms with Gasteiger partial charge in [0.15, 0.2) is 0 Å². The van der Waals surface area contributed by atoms with Gasteiger partial charge in [-0.1, -0.05) is 163 Å². The minimum atomic E-state index is -1.49. The van der Waals surface area contributed by atoms with Crippen LogP contribution in [0.4, 0.5) is 0 Å². The lowest BCUT2D eigenvalue weighted by Crippen LogP contribution is -2.39. The third-order valence-corrected chi connectivity index (χ3v) is 10.2. The molecule has 1 aliphatic carbocycles. The van der Waals surface area contributed by atoms with Gasteiger partial charge in [0.05, 0.1) is 13.2 Å². The average Bonchev–Trinajstić information content (AvgIpc) is 3.25. The lowest BCUT2D eigenvalue weighted by atomic mass is 9.96. The van der Waals surface area contributed by atoms with Gasteiger partial charge in [0.2, 0.25) is 0 Å². The standard InChI is InChI=1S/C40H78O8/c1-5-7-9-19-25-33(4)27-21-15-11-10-14-18-23-29-46-30-34(31-47-40-38(44)36(42)37(43)39(40)45)48-35(41)28-22-17-13-12-16-20-26-32(3)24-8-6-2/h32-34,36-40,42-45H,5-31H2,1-4H3/t32?,33?,34-,36+,37+,38-,39-/m0/s1. The molecule has 0 spiro atoms. The summed E-state index contributed by atoms with van der Waals surface area (Å²) in [6.07, 6.45) is 21.1. The topological polar surface area (TPSA) is 126 Å². The van der Waals surface area contributed by atoms with Crippen LogP contribution in [0, 0.1) is 11.8 Å². The van der Waals surface area contributed by atoms with Crippen molar-refractivity contribution in [3.8, 4) is 0 Å². The number of unbranched alkanes of at least 4 members (excludes halogenated alkanes) is 15. The predicted molar refractivity (Wildman–Crippen MR) is 195 cm³/mol. The average molecular weight is 687 g/mol. The van der Waals surface area contributed by atoms with Crippen LogP contribution in [0.15, 0.2) is 0 Å². The second-order valence-electron chi connectivity index (χ2n) is 15.1. The van der Waals surface area contributed by atoms with E-state index in [1.807, 2.05) is 0 Å². The highest BCUT2D eigenvalue weighted by molar-refractivity contribution is 5.69. The first-order valence-electron chi connectivity index (χ1n) is 20.3. The first-order valence-corrected chi connectivity index (χ1v) is 20.3. The van der Waals surface area contributed by atoms with E-state index in [0.717, 1.165) is 43.9 Å². The molecule has 0 bridgehead atoms. The molecule has 0 saturated heterocycles. The van der Waals surface area contributed by atoms with Gasteiger partial charge in [-0.15, -0.1) is 0 Å². The van der Waals surface area contributed by atoms with Gasteiger partial charge >= 0.3 is 5.97 Å². The van der Waals surface area contributed by atoms with Crippen molar-refractivity contribution in [1.82, 2.24) is 0 Å². The van der Waals surface area contributed by atoms with E-state index in [2.05, 4.69) is 27.7 Å². The molecule has 1 aliphatic rings. The maximum absolute atomic E-state index is 12.7. The van der Waals surface area contributed by atoms with Crippen LogP contribution in [0.2, 0.25) is 0 Å². The fourth-order valence-electron chi connectivity index (χ4n) is 6.80. The maximum atomic E-state index is 12.7. The van der Waals surface area contributed by atoms with Crippen LogP contribution in [0.1, 0.15) is 182 Å². The molecule has 4 N–H and O–H groups in total. The second kappa shape index (κ2) is 29.9. The first kappa shape index (κ1) is 45.3. The highest BCUT2D eigenvalue weighted by Gasteiger charge is 2.49. The summed E-state index contributed by atoms with van der Waals surface area (Å²) in [5.74, 6) is 1.36. The predicted octanol–water partition coefficient (Wildman–Crippen LogP) is 8.43. The van der Waals surface area contributed by atoms with Gasteiger partial charge in [-0.3, -0.25) is 4.79 Å². The molecule has 8 heteroatoms. The van der Waals surface area contributed by atoms with E-state index < -0.39 is 36.6 Å². The first-order chi connectivity index (χ1) is 23.2. The van der Waals surface area contributed by atoms with Crippen molar-refractivity contribution in [2.45, 2.75) is 218 Å². The molecule has 8 nitrogen and oxygen atoms in total. The number of rotatable bonds is 33. The van der Waals surface area contributed by atoms with Crippen molar-refractivity contribution in [3.05, 3.63) is 0 Å². The van der Waals surface area contributed by atoms with E-state index in [1.165, 1.54) is 116 Å². The van der Waals surface area contributed by atoms with Gasteiger partial charge in [-0.25, -0.2) is 0 Å². The Morgan fingerprint density at radius 2 is 0.979 bits per heavy atom. The Labute approximate surface area is 295 Å². The Morgan fingerprint density at radius 1 is 0.542 bits per heavy atom. The number of aliphatic hydroxyl groups excluding tert-OH is 4. The zero-order valence-electron chi connectivity index (χ0n) is 31.6. The van der Waals surface area contributed by atoms with Gasteiger partial charge in [0.1, 0.15) is 36.6 Å². The second-order valence-corrected chi connectivity index (χ2v) is 15.1. The van der Waals surface area contributed by atoms with Gasteiger partial charge < -0.3 is 34.6 Å². The van der Waals surface area contributed by atoms with E-state index in [1.54, 1.807) is 0 Å². The number of esters is 1. The van der Waals surface area contributed by atoms with Crippen molar-refractivity contribution in [2.24, 2.45) is 11.8 Å². The smallest absolute Gasteiger partial charge is 0.306 e. The minimum Gasteiger partial charge on any atom is -0.457 e. The zero-order chi connectivity index (χ0) is 35.4. The Kier molecular flexibility index (Phi) is 28.2. The van der Waals surface area contributed by atoms with E-state index >= 15 is 0 Å². The molecule has 0 aromatic carbocycles. The zero-order valence-corrected chi connectivity index (χ0v) is 31.6. The Balaban J connectivity index is 2.26. The third kappa shape index (κ3) is 22.1. The van der Waals surface area contributed by atoms with Gasteiger partial charge in [-0.2, -0.15) is 0 Å². The van der Waals surface area contributed by atoms with Crippen molar-refractivity contribution < 1.29 is 39.4 Å². The summed E-state index contributed by atoms with van der Waals surface area (Å²) in [6.45, 7) is 9.89. The van der Waals surface area contributed by atoms with E-state index in [0.29, 0.717) is 13.0 Å². The molecule has 2 unspecified atom stereocenters. The normalized spacial score (nSPS) is 21.8. The molecule has 0 amide bonds. The highest BCUT2D eigenvalue weighted by atomic mass is 16.6. The Bertz CT molecular complexity index is 722. The number of carbonyl (C=O) groups excluding carboxylic acids is 1. The fourth-order valence-corrected chi connectivity index (χ4v) is 6.80. The molecule has 1 fully saturated rings. The SMILES string of the molecule is CCCCCCC(C)CCCCCCCCCOC[C@@H](COC1[C@@H](O)[C@H](O)[C@@H](O)[C@@H]1O)OC(=O)CCCCCCCCC(C)CCCC. The molecule has 7 atom stereocenters. The molecule has 1 saturated carbocycles. The third-order valence-electron chi connectivity index (χ3n) is 10.2. The fraction of sp³-hybridized carbons (Fsp3) is 0.975. The summed E-state index contributed by atoms with van der Waals surface area (Å²) in [4.78, 5) is 12.7. The largest absolute Gasteiger partial charge is 0.457 e. The summed E-state index contributed by atoms with van der Waals surface area (Å²) in [7, 11) is 0. The van der Waals surface area contributed by atoms with Crippen molar-refractivity contribution >= 4 is 5.97 Å². The number of carbonyl (C=O) groups is 1. The van der Waals surface area contributed by atoms with Gasteiger partial charge in [0.25, 0.3) is 0 Å². The number of hydrogen-bond acceptors (Lipinski definition) is 8. The number of hydrogen-bond donors (Lipinski definition) is 4. The monoisotopic (exact) mass is 687 g/mol. The molecule has 0 aliphatic heterocycles. The van der Waals surface area contributed by atoms with E-state index in [-0.39, 0.29) is 19.2 Å². The van der Waals surface area contributed by atoms with Crippen LogP contribution < -0.4 is 0 Å². The van der Waals surface area contributed by atoms with Crippen LogP contribution in [0.3, 0.4) is 0 Å². The summed E-state index contributed by atoms with van der Waals surface area (Å²) in [6, 6.07) is 0. The van der Waals surface area contributed by atoms with E-state index in [9.17, 15) is 25.2 Å². The summed E-state index contributed by atoms with van der Waals surface area (Å²) in [5.41, 5.74) is 0. The molecular weight excluding hydrogens is 608 g/mol. The summed E-state index contributed by atoms with van der Waals surface area (Å²) >= 11 is 0. The Morgan fingerprint density at radius 3 is 1.50 bits per heavy atom. The van der Waals surface area contributed by atoms with Crippen LogP contribution >= 0.6 is 0 Å². The maximum Gasteiger partial charge on any atom is 0.306 e. The molecule has 48 heavy (non-hydrogen) atoms. The van der Waals surface area contributed by atoms with Crippen molar-refractivity contribution in [3.63, 3.8) is 0 Å². The molecule has 286 valence electrons. The van der Waals surface area contributed by atoms with E-state index in [4.69, 9.17) is 14.2 Å². The number of ether oxygens (including phenoxy) is 3. The van der Waals surface area contributed by atoms with Crippen LogP contribution in [-0.4, -0.2) is 82.8 Å². The molecule has 0 aromatic heterocycles. The Hall–Kier alpha value is -0.770. The highest BCUT2D eigenvalue weighted by Crippen LogP contribution is 2.25. The number of aliphatic hydroxyl groups is 4. The molecule has 1 rings (SSSR count). The minimum absolute atomic E-state index is 0.0992. The van der Waals surface area contributed by atoms with Crippen molar-refractivity contribution in [1.29, 1.82) is 0 Å². The van der Waals surface area contributed by atoms with Crippen LogP contribution in [0.25, 0.3) is 0 Å². The summed E-state index contributed by atoms with van der Waals surface area (Å²) in [5, 5.41) is 40.1. The molecule has 0 heterocycles. The summed E-state index contributed by atoms with van der Waals surface area (Å²) < 4.78 is 17.2. The van der Waals surface area contributed by atoms with Crippen molar-refractivity contribution in [2.75, 3.05) is 19.8 Å². The molecular formula is C40H78O8. The molecule has 0 radical (unpaired) electrons. The molecule has 0 aromatic rings. The lowest BCUT2D eigenvalue weighted by molar-refractivity contribution is -0.163. The van der Waals surface area contributed by atoms with Gasteiger partial charge in [0, 0.05) is 13.0 Å². The van der Waals surface area contributed by atoms with Crippen LogP contribution in [-0.2, 0) is 19.0 Å².